The van der Waals surface area contributed by atoms with Gasteiger partial charge in [-0.3, -0.25) is 9.59 Å². The van der Waals surface area contributed by atoms with E-state index in [1.54, 1.807) is 6.92 Å². The van der Waals surface area contributed by atoms with Crippen molar-refractivity contribution in [3.05, 3.63) is 35.9 Å². The highest BCUT2D eigenvalue weighted by molar-refractivity contribution is 5.93. The van der Waals surface area contributed by atoms with Crippen molar-refractivity contribution in [2.24, 2.45) is 5.92 Å². The van der Waals surface area contributed by atoms with E-state index >= 15 is 0 Å². The topological polar surface area (TPSA) is 34.1 Å². The molecule has 0 aliphatic heterocycles. The maximum absolute atomic E-state index is 10.8. The fraction of sp³-hybridized carbons (Fsp3) is 0.467. The number of hydrogen-bond acceptors (Lipinski definition) is 2. The van der Waals surface area contributed by atoms with Crippen molar-refractivity contribution in [3.8, 4) is 0 Å². The van der Waals surface area contributed by atoms with E-state index in [-0.39, 0.29) is 5.78 Å². The molecule has 1 aliphatic rings. The summed E-state index contributed by atoms with van der Waals surface area (Å²) in [5.74, 6) is 0.954. The number of Topliss-reactive ketones (excluding diaryl/α,β-unsaturated/α-hetero) is 2. The summed E-state index contributed by atoms with van der Waals surface area (Å²) in [6.07, 6.45) is 4.34. The minimum absolute atomic E-state index is 0.121. The zero-order chi connectivity index (χ0) is 12.7. The third kappa shape index (κ3) is 4.94. The molecular formula is C15H20O2. The summed E-state index contributed by atoms with van der Waals surface area (Å²) in [5.41, 5.74) is 0.775. The standard InChI is InChI=1S/C8H8O.C7H12O/c1-7(9)8-5-3-2-4-6-8;1-6-4-2-3-5-7(6)8/h2-6H,1H3;6H,2-5H2,1H3. The van der Waals surface area contributed by atoms with Crippen molar-refractivity contribution in [2.45, 2.75) is 39.5 Å². The second-order valence-corrected chi connectivity index (χ2v) is 4.54. The average molecular weight is 232 g/mol. The Labute approximate surface area is 103 Å². The summed E-state index contributed by atoms with van der Waals surface area (Å²) in [5, 5.41) is 0. The van der Waals surface area contributed by atoms with Gasteiger partial charge in [-0.25, -0.2) is 0 Å². The van der Waals surface area contributed by atoms with E-state index in [4.69, 9.17) is 0 Å². The molecule has 2 rings (SSSR count). The van der Waals surface area contributed by atoms with Crippen LogP contribution in [0.3, 0.4) is 0 Å². The first-order valence-electron chi connectivity index (χ1n) is 6.20. The molecule has 1 atom stereocenters. The van der Waals surface area contributed by atoms with Crippen molar-refractivity contribution in [1.82, 2.24) is 0 Å². The van der Waals surface area contributed by atoms with E-state index in [1.165, 1.54) is 6.42 Å². The molecule has 0 amide bonds. The van der Waals surface area contributed by atoms with Gasteiger partial charge in [-0.1, -0.05) is 43.7 Å². The number of benzene rings is 1. The van der Waals surface area contributed by atoms with Gasteiger partial charge in [-0.2, -0.15) is 0 Å². The van der Waals surface area contributed by atoms with Crippen molar-refractivity contribution in [3.63, 3.8) is 0 Å². The van der Waals surface area contributed by atoms with Crippen LogP contribution in [0, 0.1) is 5.92 Å². The molecule has 0 N–H and O–H groups in total. The molecule has 0 bridgehead atoms. The summed E-state index contributed by atoms with van der Waals surface area (Å²) < 4.78 is 0. The zero-order valence-corrected chi connectivity index (χ0v) is 10.6. The predicted octanol–water partition coefficient (Wildman–Crippen LogP) is 3.65. The molecule has 1 aromatic carbocycles. The molecular weight excluding hydrogens is 212 g/mol. The van der Waals surface area contributed by atoms with Crippen LogP contribution in [-0.2, 0) is 4.79 Å². The minimum Gasteiger partial charge on any atom is -0.299 e. The predicted molar refractivity (Wildman–Crippen MR) is 69.1 cm³/mol. The van der Waals surface area contributed by atoms with Crippen LogP contribution in [0.15, 0.2) is 30.3 Å². The molecule has 17 heavy (non-hydrogen) atoms. The Bertz CT molecular complexity index is 368. The summed E-state index contributed by atoms with van der Waals surface area (Å²) in [6, 6.07) is 9.23. The first-order chi connectivity index (χ1) is 8.11. The fourth-order valence-corrected chi connectivity index (χ4v) is 1.83. The molecule has 0 aromatic heterocycles. The second-order valence-electron chi connectivity index (χ2n) is 4.54. The Morgan fingerprint density at radius 2 is 1.82 bits per heavy atom. The number of carbonyl (C=O) groups excluding carboxylic acids is 2. The van der Waals surface area contributed by atoms with Crippen LogP contribution >= 0.6 is 0 Å². The molecule has 2 heteroatoms. The molecule has 1 aromatic rings. The summed E-state index contributed by atoms with van der Waals surface area (Å²) in [7, 11) is 0. The molecule has 1 saturated carbocycles. The van der Waals surface area contributed by atoms with Gasteiger partial charge in [0, 0.05) is 17.9 Å². The van der Waals surface area contributed by atoms with Gasteiger partial charge >= 0.3 is 0 Å². The first kappa shape index (κ1) is 13.6. The van der Waals surface area contributed by atoms with Gasteiger partial charge in [0.05, 0.1) is 0 Å². The van der Waals surface area contributed by atoms with Crippen LogP contribution in [0.2, 0.25) is 0 Å². The van der Waals surface area contributed by atoms with E-state index in [2.05, 4.69) is 0 Å². The molecule has 1 unspecified atom stereocenters. The number of carbonyl (C=O) groups is 2. The zero-order valence-electron chi connectivity index (χ0n) is 10.6. The molecule has 1 fully saturated rings. The number of ketones is 2. The average Bonchev–Trinajstić information content (AvgIpc) is 2.35. The SMILES string of the molecule is CC(=O)c1ccccc1.CC1CCCCC1=O. The van der Waals surface area contributed by atoms with Crippen LogP contribution < -0.4 is 0 Å². The van der Waals surface area contributed by atoms with E-state index in [0.29, 0.717) is 11.7 Å². The Morgan fingerprint density at radius 1 is 1.18 bits per heavy atom. The molecule has 0 heterocycles. The molecule has 0 radical (unpaired) electrons. The van der Waals surface area contributed by atoms with Crippen LogP contribution in [0.25, 0.3) is 0 Å². The monoisotopic (exact) mass is 232 g/mol. The number of rotatable bonds is 1. The van der Waals surface area contributed by atoms with E-state index < -0.39 is 0 Å². The van der Waals surface area contributed by atoms with Crippen molar-refractivity contribution in [2.75, 3.05) is 0 Å². The van der Waals surface area contributed by atoms with Gasteiger partial charge in [-0.05, 0) is 19.8 Å². The molecule has 2 nitrogen and oxygen atoms in total. The van der Waals surface area contributed by atoms with E-state index in [1.807, 2.05) is 37.3 Å². The number of hydrogen-bond donors (Lipinski definition) is 0. The van der Waals surface area contributed by atoms with Gasteiger partial charge in [0.1, 0.15) is 5.78 Å². The van der Waals surface area contributed by atoms with Crippen LogP contribution in [-0.4, -0.2) is 11.6 Å². The quantitative estimate of drug-likeness (QED) is 0.692. The molecule has 92 valence electrons. The lowest BCUT2D eigenvalue weighted by Crippen LogP contribution is -2.14. The maximum atomic E-state index is 10.8. The fourth-order valence-electron chi connectivity index (χ4n) is 1.83. The van der Waals surface area contributed by atoms with Gasteiger partial charge in [-0.15, -0.1) is 0 Å². The van der Waals surface area contributed by atoms with Crippen molar-refractivity contribution < 1.29 is 9.59 Å². The molecule has 1 aliphatic carbocycles. The Kier molecular flexibility index (Phi) is 5.61. The Morgan fingerprint density at radius 3 is 2.18 bits per heavy atom. The van der Waals surface area contributed by atoms with Crippen LogP contribution in [0.4, 0.5) is 0 Å². The van der Waals surface area contributed by atoms with E-state index in [0.717, 1.165) is 24.8 Å². The highest BCUT2D eigenvalue weighted by Crippen LogP contribution is 2.18. The van der Waals surface area contributed by atoms with Gasteiger partial charge < -0.3 is 0 Å². The third-order valence-corrected chi connectivity index (χ3v) is 3.04. The summed E-state index contributed by atoms with van der Waals surface area (Å²) in [4.78, 5) is 21.4. The lowest BCUT2D eigenvalue weighted by molar-refractivity contribution is -0.123. The van der Waals surface area contributed by atoms with Gasteiger partial charge in [0.15, 0.2) is 5.78 Å². The van der Waals surface area contributed by atoms with Gasteiger partial charge in [0.25, 0.3) is 0 Å². The van der Waals surface area contributed by atoms with Crippen molar-refractivity contribution in [1.29, 1.82) is 0 Å². The van der Waals surface area contributed by atoms with Gasteiger partial charge in [0.2, 0.25) is 0 Å². The maximum Gasteiger partial charge on any atom is 0.159 e. The smallest absolute Gasteiger partial charge is 0.159 e. The Hall–Kier alpha value is -1.44. The summed E-state index contributed by atoms with van der Waals surface area (Å²) in [6.45, 7) is 3.59. The van der Waals surface area contributed by atoms with Crippen LogP contribution in [0.5, 0.6) is 0 Å². The lowest BCUT2D eigenvalue weighted by Gasteiger charge is -2.14. The van der Waals surface area contributed by atoms with Crippen molar-refractivity contribution >= 4 is 11.6 Å². The first-order valence-corrected chi connectivity index (χ1v) is 6.20. The third-order valence-electron chi connectivity index (χ3n) is 3.04. The second kappa shape index (κ2) is 7.00. The highest BCUT2D eigenvalue weighted by atomic mass is 16.1. The van der Waals surface area contributed by atoms with E-state index in [9.17, 15) is 9.59 Å². The summed E-state index contributed by atoms with van der Waals surface area (Å²) >= 11 is 0. The lowest BCUT2D eigenvalue weighted by atomic mass is 9.90. The normalized spacial score (nSPS) is 19.2. The van der Waals surface area contributed by atoms with Crippen LogP contribution in [0.1, 0.15) is 49.9 Å². The molecule has 0 saturated heterocycles. The largest absolute Gasteiger partial charge is 0.299 e. The molecule has 0 spiro atoms. The highest BCUT2D eigenvalue weighted by Gasteiger charge is 2.16. The minimum atomic E-state index is 0.121. The Balaban J connectivity index is 0.000000171.